The molecule has 0 amide bonds. The van der Waals surface area contributed by atoms with Gasteiger partial charge in [-0.2, -0.15) is 0 Å². The number of epoxide rings is 1. The Morgan fingerprint density at radius 3 is 2.05 bits per heavy atom. The predicted octanol–water partition coefficient (Wildman–Crippen LogP) is 0.290. The Kier molecular flexibility index (Phi) is 8.11. The van der Waals surface area contributed by atoms with Gasteiger partial charge in [0.25, 0.3) is 0 Å². The van der Waals surface area contributed by atoms with Crippen LogP contribution >= 0.6 is 0 Å². The summed E-state index contributed by atoms with van der Waals surface area (Å²) in [7, 11) is 0. The molecule has 2 aliphatic carbocycles. The van der Waals surface area contributed by atoms with E-state index in [2.05, 4.69) is 0 Å². The molecule has 3 fully saturated rings. The number of aliphatic hydroxyl groups excluding tert-OH is 1. The van der Waals surface area contributed by atoms with Gasteiger partial charge >= 0.3 is 29.8 Å². The monoisotopic (exact) mass is 580 g/mol. The van der Waals surface area contributed by atoms with Crippen molar-refractivity contribution in [2.24, 2.45) is 17.3 Å². The van der Waals surface area contributed by atoms with E-state index >= 15 is 0 Å². The highest BCUT2D eigenvalue weighted by molar-refractivity contribution is 5.78. The first kappa shape index (κ1) is 30.7. The van der Waals surface area contributed by atoms with Gasteiger partial charge in [-0.05, 0) is 24.6 Å². The van der Waals surface area contributed by atoms with E-state index < -0.39 is 95.4 Å². The van der Waals surface area contributed by atoms with Crippen molar-refractivity contribution in [2.75, 3.05) is 13.2 Å². The van der Waals surface area contributed by atoms with Crippen LogP contribution in [0.2, 0.25) is 0 Å². The molecule has 2 N–H and O–H groups in total. The van der Waals surface area contributed by atoms with E-state index in [1.54, 1.807) is 6.92 Å². The quantitative estimate of drug-likeness (QED) is 0.257. The van der Waals surface area contributed by atoms with Gasteiger partial charge in [0.2, 0.25) is 0 Å². The van der Waals surface area contributed by atoms with Gasteiger partial charge in [-0.1, -0.05) is 13.0 Å². The van der Waals surface area contributed by atoms with E-state index in [4.69, 9.17) is 28.4 Å². The lowest BCUT2D eigenvalue weighted by Gasteiger charge is -2.57. The molecule has 2 aliphatic heterocycles. The fourth-order valence-corrected chi connectivity index (χ4v) is 6.81. The number of rotatable bonds is 5. The fourth-order valence-electron chi connectivity index (χ4n) is 6.81. The van der Waals surface area contributed by atoms with E-state index in [1.165, 1.54) is 39.0 Å². The van der Waals surface area contributed by atoms with Gasteiger partial charge in [0, 0.05) is 40.0 Å². The summed E-state index contributed by atoms with van der Waals surface area (Å²) >= 11 is 0. The van der Waals surface area contributed by atoms with Crippen molar-refractivity contribution >= 4 is 29.8 Å². The molecule has 0 bridgehead atoms. The minimum atomic E-state index is -2.21. The molecule has 10 atom stereocenters. The molecule has 226 valence electrons. The zero-order valence-electron chi connectivity index (χ0n) is 23.8. The number of fused-ring (bicyclic) bond motifs is 3. The molecule has 4 aliphatic rings. The maximum absolute atomic E-state index is 12.9. The Morgan fingerprint density at radius 2 is 1.54 bits per heavy atom. The van der Waals surface area contributed by atoms with E-state index in [9.17, 15) is 34.2 Å². The van der Waals surface area contributed by atoms with Crippen LogP contribution in [0.15, 0.2) is 23.8 Å². The predicted molar refractivity (Wildman–Crippen MR) is 135 cm³/mol. The lowest BCUT2D eigenvalue weighted by atomic mass is 9.52. The van der Waals surface area contributed by atoms with Crippen LogP contribution in [0.4, 0.5) is 0 Å². The molecule has 0 radical (unpaired) electrons. The van der Waals surface area contributed by atoms with Gasteiger partial charge < -0.3 is 38.6 Å². The molecule has 0 aromatic rings. The Balaban J connectivity index is 2.09. The number of hydrogen-bond acceptors (Lipinski definition) is 13. The maximum Gasteiger partial charge on any atom is 0.312 e. The van der Waals surface area contributed by atoms with Crippen molar-refractivity contribution in [3.63, 3.8) is 0 Å². The standard InChI is InChI=1S/C28H36O13/c1-13-25(34)41-21-9-18(11-29)7-8-20(38-15(3)31)26(6)22(24(28(13,21)35)40-17(5)33)27(12-36-27)10-19(37-14(2)30)23(26)39-16(4)32/h7-9,13,19-24,29,35H,10-12H2,1-6H3/b8-7-,18-9+/t13?,19?,20-,21?,22?,23?,24-,26-,27+,28?/m1/s1. The second-order valence-corrected chi connectivity index (χ2v) is 11.4. The van der Waals surface area contributed by atoms with Crippen LogP contribution in [-0.4, -0.2) is 95.0 Å². The average molecular weight is 581 g/mol. The van der Waals surface area contributed by atoms with Crippen molar-refractivity contribution in [1.82, 2.24) is 0 Å². The molecule has 2 saturated heterocycles. The van der Waals surface area contributed by atoms with Crippen LogP contribution in [0.25, 0.3) is 0 Å². The molecule has 1 saturated carbocycles. The Labute approximate surface area is 236 Å². The highest BCUT2D eigenvalue weighted by atomic mass is 16.6. The molecular formula is C28H36O13. The number of ether oxygens (including phenoxy) is 6. The zero-order valence-corrected chi connectivity index (χ0v) is 23.8. The second-order valence-electron chi connectivity index (χ2n) is 11.4. The third kappa shape index (κ3) is 5.26. The molecule has 0 aromatic heterocycles. The van der Waals surface area contributed by atoms with Crippen LogP contribution in [0, 0.1) is 17.3 Å². The summed E-state index contributed by atoms with van der Waals surface area (Å²) in [5.41, 5.74) is -4.88. The fraction of sp³-hybridized carbons (Fsp3) is 0.679. The Hall–Kier alpha value is -3.29. The van der Waals surface area contributed by atoms with E-state index in [-0.39, 0.29) is 18.6 Å². The summed E-state index contributed by atoms with van der Waals surface area (Å²) in [6.07, 6.45) is -2.40. The Morgan fingerprint density at radius 1 is 0.976 bits per heavy atom. The van der Waals surface area contributed by atoms with E-state index in [0.717, 1.165) is 13.8 Å². The molecule has 0 aromatic carbocycles. The van der Waals surface area contributed by atoms with Gasteiger partial charge in [-0.3, -0.25) is 24.0 Å². The highest BCUT2D eigenvalue weighted by Crippen LogP contribution is 2.62. The van der Waals surface area contributed by atoms with Crippen LogP contribution in [0.3, 0.4) is 0 Å². The van der Waals surface area contributed by atoms with Crippen molar-refractivity contribution in [3.05, 3.63) is 23.8 Å². The summed E-state index contributed by atoms with van der Waals surface area (Å²) in [6, 6.07) is 0. The zero-order chi connectivity index (χ0) is 30.5. The summed E-state index contributed by atoms with van der Waals surface area (Å²) in [4.78, 5) is 62.7. The first-order valence-electron chi connectivity index (χ1n) is 13.4. The minimum absolute atomic E-state index is 0.0271. The molecule has 1 spiro atoms. The third-order valence-corrected chi connectivity index (χ3v) is 8.60. The number of carbonyl (C=O) groups is 5. The summed E-state index contributed by atoms with van der Waals surface area (Å²) < 4.78 is 34.6. The minimum Gasteiger partial charge on any atom is -0.459 e. The highest BCUT2D eigenvalue weighted by Gasteiger charge is 2.76. The van der Waals surface area contributed by atoms with Crippen LogP contribution < -0.4 is 0 Å². The number of esters is 5. The molecular weight excluding hydrogens is 544 g/mol. The lowest BCUT2D eigenvalue weighted by molar-refractivity contribution is -0.255. The normalized spacial score (nSPS) is 43.3. The topological polar surface area (TPSA) is 184 Å². The summed E-state index contributed by atoms with van der Waals surface area (Å²) in [5, 5.41) is 22.5. The van der Waals surface area contributed by atoms with Crippen molar-refractivity contribution in [2.45, 2.75) is 89.7 Å². The largest absolute Gasteiger partial charge is 0.459 e. The van der Waals surface area contributed by atoms with E-state index in [0.29, 0.717) is 0 Å². The van der Waals surface area contributed by atoms with Gasteiger partial charge in [-0.25, -0.2) is 0 Å². The molecule has 13 nitrogen and oxygen atoms in total. The molecule has 6 unspecified atom stereocenters. The second kappa shape index (κ2) is 10.8. The lowest BCUT2D eigenvalue weighted by Crippen LogP contribution is -2.71. The molecule has 41 heavy (non-hydrogen) atoms. The van der Waals surface area contributed by atoms with Crippen molar-refractivity contribution in [1.29, 1.82) is 0 Å². The Bertz CT molecular complexity index is 1190. The van der Waals surface area contributed by atoms with Gasteiger partial charge in [-0.15, -0.1) is 0 Å². The van der Waals surface area contributed by atoms with Gasteiger partial charge in [0.1, 0.15) is 30.0 Å². The first-order chi connectivity index (χ1) is 19.1. The van der Waals surface area contributed by atoms with Crippen molar-refractivity contribution in [3.8, 4) is 0 Å². The van der Waals surface area contributed by atoms with Crippen LogP contribution in [0.1, 0.15) is 48.0 Å². The van der Waals surface area contributed by atoms with Gasteiger partial charge in [0.05, 0.1) is 24.5 Å². The van der Waals surface area contributed by atoms with Gasteiger partial charge in [0.15, 0.2) is 11.7 Å². The summed E-state index contributed by atoms with van der Waals surface area (Å²) in [5.74, 6) is -6.07. The summed E-state index contributed by atoms with van der Waals surface area (Å²) in [6.45, 7) is 7.15. The van der Waals surface area contributed by atoms with Crippen LogP contribution in [-0.2, 0) is 52.4 Å². The SMILES string of the molecule is CC(=O)OC1C[C@]2(CO2)C2[C@@H](OC(C)=O)C3(O)C(/C=C(CO)\C=C/[C@@H](OC(C)=O)[C@@]2(C)C1OC(C)=O)OC(=O)C3C. The molecule has 13 heteroatoms. The van der Waals surface area contributed by atoms with E-state index in [1.807, 2.05) is 0 Å². The number of carbonyl (C=O) groups excluding carboxylic acids is 5. The van der Waals surface area contributed by atoms with Crippen molar-refractivity contribution < 1.29 is 62.6 Å². The first-order valence-corrected chi connectivity index (χ1v) is 13.4. The molecule has 2 heterocycles. The maximum atomic E-state index is 12.9. The molecule has 4 rings (SSSR count). The smallest absolute Gasteiger partial charge is 0.312 e. The number of aliphatic hydroxyl groups is 2. The van der Waals surface area contributed by atoms with Crippen LogP contribution in [0.5, 0.6) is 0 Å². The number of hydrogen-bond donors (Lipinski definition) is 2. The third-order valence-electron chi connectivity index (χ3n) is 8.60. The average Bonchev–Trinajstić information content (AvgIpc) is 3.58.